The van der Waals surface area contributed by atoms with Crippen LogP contribution in [0.1, 0.15) is 77.0 Å². The molecule has 0 atom stereocenters. The normalized spacial score (nSPS) is 20.5. The zero-order valence-corrected chi connectivity index (χ0v) is 86.0. The summed E-state index contributed by atoms with van der Waals surface area (Å²) in [6.45, 7) is 0. The van der Waals surface area contributed by atoms with E-state index in [0.717, 1.165) is 120 Å². The van der Waals surface area contributed by atoms with Crippen LogP contribution in [0.25, 0.3) is 86.2 Å². The SMILES string of the molecule is C1=C[Se]C(=C2[Se]C=C[Se]2)[Se]1.C1CC2=C(C1)[Se]C(=C1[Se]C3=C(CCC3)[Se]1)[Se]2.C1CC2=C(C1)[Te]C(=C1[Te]C3=C(CCC3)[Te]1)[Te]2.c1cc2c3c(ccc4c3c1SS4)SS2.c1cc2c3ccc4c5c(ccc(c6ccc7c(c1SS7)c26)c53)SS4.c1ccc2c3c4c(c5ccccc5c5c4c(c2c1)SS5)SS3. The van der Waals surface area contributed by atoms with E-state index in [4.69, 9.17) is 0 Å². The molecule has 0 radical (unpaired) electrons. The van der Waals surface area contributed by atoms with Crippen LogP contribution < -0.4 is 0 Å². The zero-order valence-electron chi connectivity index (χ0n) is 53.1. The molecule has 11 aromatic carbocycles. The van der Waals surface area contributed by atoms with E-state index in [2.05, 4.69) is 159 Å². The number of allylic oxidation sites excluding steroid dienone is 8. The van der Waals surface area contributed by atoms with Crippen molar-refractivity contribution in [2.24, 2.45) is 0 Å². The molecule has 0 saturated carbocycles. The van der Waals surface area contributed by atoms with Crippen molar-refractivity contribution in [3.05, 3.63) is 190 Å². The van der Waals surface area contributed by atoms with E-state index >= 15 is 0 Å². The van der Waals surface area contributed by atoms with E-state index in [1.165, 1.54) is 222 Å². The van der Waals surface area contributed by atoms with Gasteiger partial charge < -0.3 is 0 Å². The van der Waals surface area contributed by atoms with Gasteiger partial charge in [-0.25, -0.2) is 0 Å². The Kier molecular flexibility index (Phi) is 21.6. The molecule has 102 heavy (non-hydrogen) atoms. The van der Waals surface area contributed by atoms with Crippen LogP contribution in [0.2, 0.25) is 0 Å². The summed E-state index contributed by atoms with van der Waals surface area (Å²) in [5.74, 6) is 0. The van der Waals surface area contributed by atoms with E-state index in [0.29, 0.717) is 0 Å². The standard InChI is InChI=1S/C20H8S4.C18H8S4.C12H12Se4.C12H12Te4.C10H4S4.C6H4Se4/c1-5-13-19-14(22-21-13)7-3-11-12-4-8-16-20-15(23-24-16)6-2-10(18(12)20)9(1)17(11)19;1-2-6-10-9(5-1)15-13-14-16(10)20-22-18(14)12-8-4-3-7-11(12)17(13)21-19-15;2*1-3-7-8(4-1)14-11(13-7)12-15-9-5-2-6-10(9)16-12;1-2-6-10-8(14-12-6)4-3-7-9(10)5(1)11-13-7;1-2-8-5(7-1)6-9-3-4-10-6/h1-8H;1-8H;2*1-6H2;1-4H;1-4H. The van der Waals surface area contributed by atoms with Crippen molar-refractivity contribution in [3.8, 4) is 0 Å². The number of rotatable bonds is 0. The van der Waals surface area contributed by atoms with E-state index in [1.807, 2.05) is 161 Å². The Morgan fingerprint density at radius 2 is 0.471 bits per heavy atom. The number of benzene rings is 11. The van der Waals surface area contributed by atoms with Gasteiger partial charge in [0.1, 0.15) is 0 Å². The van der Waals surface area contributed by atoms with Crippen molar-refractivity contribution in [1.82, 2.24) is 0 Å². The summed E-state index contributed by atoms with van der Waals surface area (Å²) in [4.78, 5) is 26.8. The fourth-order valence-electron chi connectivity index (χ4n) is 15.1. The van der Waals surface area contributed by atoms with Gasteiger partial charge in [0.15, 0.2) is 0 Å². The van der Waals surface area contributed by atoms with Gasteiger partial charge in [-0.15, -0.1) is 0 Å². The molecule has 12 aliphatic heterocycles. The second kappa shape index (κ2) is 30.9. The minimum Gasteiger partial charge on any atom is -0.0616 e. The Balaban J connectivity index is 0.0000000790. The van der Waals surface area contributed by atoms with E-state index < -0.39 is 0 Å². The summed E-state index contributed by atoms with van der Waals surface area (Å²) in [5.41, 5.74) is 0. The van der Waals surface area contributed by atoms with Crippen LogP contribution in [0.5, 0.6) is 0 Å². The summed E-state index contributed by atoms with van der Waals surface area (Å²) in [5, 5.41) is 23.1. The molecule has 0 nitrogen and oxygen atoms in total. The second-order valence-corrected chi connectivity index (χ2v) is 78.3. The smallest absolute Gasteiger partial charge is 0.0356 e. The molecule has 27 rings (SSSR count). The fraction of sp³-hybridized carbons (Fsp3) is 0.154. The summed E-state index contributed by atoms with van der Waals surface area (Å²) >= 11 is 7.49. The van der Waals surface area contributed by atoms with Crippen molar-refractivity contribution < 1.29 is 0 Å². The molecule has 504 valence electrons. The molecule has 24 heteroatoms. The van der Waals surface area contributed by atoms with Gasteiger partial charge in [0.25, 0.3) is 0 Å². The predicted octanol–water partition coefficient (Wildman–Crippen LogP) is 23.8. The van der Waals surface area contributed by atoms with Crippen molar-refractivity contribution in [3.63, 3.8) is 0 Å². The number of fused-ring (bicyclic) bond motifs is 8. The third kappa shape index (κ3) is 13.0. The molecule has 11 aromatic rings. The monoisotopic (exact) mass is 2530 g/mol. The fourth-order valence-corrected chi connectivity index (χ4v) is 88.7. The first-order valence-corrected chi connectivity index (χ1v) is 69.8. The first kappa shape index (κ1) is 71.5. The summed E-state index contributed by atoms with van der Waals surface area (Å²) < 4.78 is 28.1. The zero-order chi connectivity index (χ0) is 66.7. The van der Waals surface area contributed by atoms with Crippen LogP contribution in [0.15, 0.2) is 249 Å². The van der Waals surface area contributed by atoms with Crippen molar-refractivity contribution in [2.45, 2.75) is 136 Å². The minimum absolute atomic E-state index is 0.267. The van der Waals surface area contributed by atoms with Gasteiger partial charge in [-0.2, -0.15) is 0 Å². The first-order chi connectivity index (χ1) is 50.5. The maximum absolute atomic E-state index is 2.39. The Morgan fingerprint density at radius 3 is 0.745 bits per heavy atom. The topological polar surface area (TPSA) is 0 Å². The molecule has 0 bridgehead atoms. The quantitative estimate of drug-likeness (QED) is 0.0615. The molecule has 4 aliphatic carbocycles. The van der Waals surface area contributed by atoms with Crippen LogP contribution in [0, 0.1) is 0 Å². The Labute approximate surface area is 732 Å². The Hall–Kier alpha value is 2.93. The van der Waals surface area contributed by atoms with Gasteiger partial charge in [-0.1, -0.05) is 202 Å². The summed E-state index contributed by atoms with van der Waals surface area (Å²) in [6.07, 6.45) is 18.1. The van der Waals surface area contributed by atoms with Gasteiger partial charge in [0.05, 0.1) is 0 Å². The molecule has 0 unspecified atom stereocenters. The molecular weight excluding hydrogens is 2460 g/mol. The number of hydrogen-bond acceptors (Lipinski definition) is 12. The third-order valence-electron chi connectivity index (χ3n) is 19.6. The molecule has 0 saturated heterocycles. The van der Waals surface area contributed by atoms with Gasteiger partial charge in [-0.3, -0.25) is 0 Å². The van der Waals surface area contributed by atoms with Gasteiger partial charge in [-0.05, 0) is 102 Å². The van der Waals surface area contributed by atoms with Crippen LogP contribution in [0.3, 0.4) is 0 Å². The van der Waals surface area contributed by atoms with E-state index in [-0.39, 0.29) is 83.7 Å². The average Bonchev–Trinajstić information content (AvgIpc) is 1.67. The molecular formula is C78H48S12Se8Te4. The molecule has 16 aliphatic rings. The molecule has 0 fully saturated rings. The maximum Gasteiger partial charge on any atom is 0.0356 e. The maximum atomic E-state index is 2.39. The number of hydrogen-bond donors (Lipinski definition) is 0. The Morgan fingerprint density at radius 1 is 0.225 bits per heavy atom. The molecule has 0 spiro atoms. The second-order valence-electron chi connectivity index (χ2n) is 25.3. The Bertz CT molecular complexity index is 5200. The van der Waals surface area contributed by atoms with Crippen LogP contribution in [-0.4, -0.2) is 203 Å². The van der Waals surface area contributed by atoms with Gasteiger partial charge in [0, 0.05) is 91.1 Å². The van der Waals surface area contributed by atoms with Gasteiger partial charge >= 0.3 is 349 Å². The van der Waals surface area contributed by atoms with E-state index in [9.17, 15) is 0 Å². The van der Waals surface area contributed by atoms with Crippen molar-refractivity contribution >= 4 is 419 Å². The van der Waals surface area contributed by atoms with E-state index in [1.54, 1.807) is 0 Å². The van der Waals surface area contributed by atoms with Crippen LogP contribution >= 0.6 is 130 Å². The van der Waals surface area contributed by atoms with Crippen LogP contribution in [0.4, 0.5) is 0 Å². The van der Waals surface area contributed by atoms with Gasteiger partial charge in [0.2, 0.25) is 0 Å². The summed E-state index contributed by atoms with van der Waals surface area (Å²) in [6, 6.07) is 45.4. The van der Waals surface area contributed by atoms with Crippen LogP contribution in [-0.2, 0) is 0 Å². The largest absolute Gasteiger partial charge is 0.0616 e. The van der Waals surface area contributed by atoms with Crippen molar-refractivity contribution in [1.29, 1.82) is 0 Å². The molecule has 12 heterocycles. The van der Waals surface area contributed by atoms with Crippen molar-refractivity contribution in [2.75, 3.05) is 0 Å². The predicted molar refractivity (Wildman–Crippen MR) is 473 cm³/mol. The average molecular weight is 2510 g/mol. The minimum atomic E-state index is 0.267. The molecule has 0 aromatic heterocycles. The molecule has 0 N–H and O–H groups in total. The molecule has 0 amide bonds. The third-order valence-corrected chi connectivity index (χ3v) is 91.7. The summed E-state index contributed by atoms with van der Waals surface area (Å²) in [7, 11) is 22.9. The first-order valence-electron chi connectivity index (χ1n) is 33.3.